The van der Waals surface area contributed by atoms with E-state index in [9.17, 15) is 8.42 Å². The molecule has 0 saturated carbocycles. The van der Waals surface area contributed by atoms with Gasteiger partial charge in [0.1, 0.15) is 11.5 Å². The van der Waals surface area contributed by atoms with Crippen LogP contribution >= 0.6 is 35.0 Å². The van der Waals surface area contributed by atoms with Crippen LogP contribution in [0, 0.1) is 11.8 Å². The molecule has 0 spiro atoms. The number of thioether (sulfide) groups is 1. The first-order valence-electron chi connectivity index (χ1n) is 5.92. The lowest BCUT2D eigenvalue weighted by atomic mass is 10.2. The zero-order chi connectivity index (χ0) is 16.0. The Kier molecular flexibility index (Phi) is 7.34. The molecule has 116 valence electrons. The minimum Gasteiger partial charge on any atom is -0.384 e. The van der Waals surface area contributed by atoms with E-state index in [1.54, 1.807) is 6.92 Å². The number of aliphatic hydroxyl groups excluding tert-OH is 1. The van der Waals surface area contributed by atoms with E-state index in [1.807, 2.05) is 6.26 Å². The molecule has 0 aliphatic heterocycles. The minimum absolute atomic E-state index is 0.00593. The summed E-state index contributed by atoms with van der Waals surface area (Å²) in [7, 11) is -3.81. The van der Waals surface area contributed by atoms with Crippen LogP contribution < -0.4 is 4.72 Å². The molecule has 2 N–H and O–H groups in total. The fourth-order valence-electron chi connectivity index (χ4n) is 1.64. The van der Waals surface area contributed by atoms with Gasteiger partial charge in [0.25, 0.3) is 0 Å². The number of hydrogen-bond acceptors (Lipinski definition) is 4. The largest absolute Gasteiger partial charge is 0.384 e. The van der Waals surface area contributed by atoms with Crippen LogP contribution in [0.2, 0.25) is 10.0 Å². The topological polar surface area (TPSA) is 66.4 Å². The monoisotopic (exact) mass is 367 g/mol. The lowest BCUT2D eigenvalue weighted by molar-refractivity contribution is 0.350. The van der Waals surface area contributed by atoms with Gasteiger partial charge in [0.15, 0.2) is 0 Å². The molecule has 0 amide bonds. The Hall–Kier alpha value is -0.420. The fourth-order valence-corrected chi connectivity index (χ4v) is 4.79. The van der Waals surface area contributed by atoms with E-state index in [4.69, 9.17) is 28.3 Å². The summed E-state index contributed by atoms with van der Waals surface area (Å²) in [6.45, 7) is 1.46. The summed E-state index contributed by atoms with van der Waals surface area (Å²) < 4.78 is 27.2. The van der Waals surface area contributed by atoms with Crippen molar-refractivity contribution < 1.29 is 13.5 Å². The number of benzene rings is 1. The first kappa shape index (κ1) is 18.6. The average Bonchev–Trinajstić information content (AvgIpc) is 2.34. The zero-order valence-corrected chi connectivity index (χ0v) is 14.6. The molecule has 1 aromatic rings. The third-order valence-electron chi connectivity index (χ3n) is 2.35. The Morgan fingerprint density at radius 2 is 1.95 bits per heavy atom. The molecule has 0 aliphatic carbocycles. The van der Waals surface area contributed by atoms with Gasteiger partial charge in [0.2, 0.25) is 10.0 Å². The maximum Gasteiger partial charge on any atom is 0.243 e. The van der Waals surface area contributed by atoms with Crippen LogP contribution in [0.1, 0.15) is 12.5 Å². The standard InChI is InChI=1S/C13H15Cl2NO3S2/c1-9(8-20-2)16-21(18,19)13-11(14)6-10(4-3-5-17)7-12(13)15/h6-7,9,16-17H,5,8H2,1-2H3. The van der Waals surface area contributed by atoms with Crippen molar-refractivity contribution in [2.45, 2.75) is 17.9 Å². The SMILES string of the molecule is CSCC(C)NS(=O)(=O)c1c(Cl)cc(C#CCO)cc1Cl. The average molecular weight is 368 g/mol. The molecule has 0 heterocycles. The predicted octanol–water partition coefficient (Wildman–Crippen LogP) is 2.37. The van der Waals surface area contributed by atoms with Crippen molar-refractivity contribution >= 4 is 45.0 Å². The van der Waals surface area contributed by atoms with Crippen LogP contribution in [0.4, 0.5) is 0 Å². The first-order chi connectivity index (χ1) is 9.81. The van der Waals surface area contributed by atoms with Gasteiger partial charge in [-0.3, -0.25) is 0 Å². The molecule has 0 fully saturated rings. The van der Waals surface area contributed by atoms with Gasteiger partial charge in [-0.05, 0) is 25.3 Å². The highest BCUT2D eigenvalue weighted by atomic mass is 35.5. The van der Waals surface area contributed by atoms with Gasteiger partial charge >= 0.3 is 0 Å². The molecule has 1 atom stereocenters. The Morgan fingerprint density at radius 1 is 1.38 bits per heavy atom. The Bertz CT molecular complexity index is 643. The van der Waals surface area contributed by atoms with Crippen molar-refractivity contribution in [2.24, 2.45) is 0 Å². The van der Waals surface area contributed by atoms with E-state index in [-0.39, 0.29) is 27.6 Å². The molecule has 0 saturated heterocycles. The highest BCUT2D eigenvalue weighted by molar-refractivity contribution is 7.98. The second-order valence-corrected chi connectivity index (χ2v) is 7.58. The molecule has 0 bridgehead atoms. The van der Waals surface area contributed by atoms with Gasteiger partial charge in [-0.1, -0.05) is 35.0 Å². The van der Waals surface area contributed by atoms with E-state index < -0.39 is 10.0 Å². The van der Waals surface area contributed by atoms with Crippen LogP contribution in [-0.2, 0) is 10.0 Å². The van der Waals surface area contributed by atoms with Crippen molar-refractivity contribution in [1.82, 2.24) is 4.72 Å². The summed E-state index contributed by atoms with van der Waals surface area (Å²) >= 11 is 13.6. The molecule has 4 nitrogen and oxygen atoms in total. The zero-order valence-electron chi connectivity index (χ0n) is 11.5. The quantitative estimate of drug-likeness (QED) is 0.784. The summed E-state index contributed by atoms with van der Waals surface area (Å²) in [4.78, 5) is -0.159. The molecule has 1 rings (SSSR count). The van der Waals surface area contributed by atoms with Crippen molar-refractivity contribution in [3.63, 3.8) is 0 Å². The number of sulfonamides is 1. The van der Waals surface area contributed by atoms with Crippen molar-refractivity contribution in [3.8, 4) is 11.8 Å². The van der Waals surface area contributed by atoms with Gasteiger partial charge in [0, 0.05) is 17.4 Å². The molecule has 1 aromatic carbocycles. The van der Waals surface area contributed by atoms with Crippen molar-refractivity contribution in [2.75, 3.05) is 18.6 Å². The number of hydrogen-bond donors (Lipinski definition) is 2. The lowest BCUT2D eigenvalue weighted by Crippen LogP contribution is -2.34. The molecular weight excluding hydrogens is 353 g/mol. The van der Waals surface area contributed by atoms with Crippen LogP contribution in [0.25, 0.3) is 0 Å². The maximum absolute atomic E-state index is 12.3. The second-order valence-electron chi connectivity index (χ2n) is 4.21. The molecule has 8 heteroatoms. The second kappa shape index (κ2) is 8.28. The first-order valence-corrected chi connectivity index (χ1v) is 9.55. The van der Waals surface area contributed by atoms with Crippen molar-refractivity contribution in [1.29, 1.82) is 0 Å². The Balaban J connectivity index is 3.19. The molecule has 1 unspecified atom stereocenters. The Morgan fingerprint density at radius 3 is 2.43 bits per heavy atom. The minimum atomic E-state index is -3.81. The fraction of sp³-hybridized carbons (Fsp3) is 0.385. The third-order valence-corrected chi connectivity index (χ3v) is 5.70. The molecule has 0 radical (unpaired) electrons. The smallest absolute Gasteiger partial charge is 0.243 e. The maximum atomic E-state index is 12.3. The van der Waals surface area contributed by atoms with Gasteiger partial charge in [-0.25, -0.2) is 13.1 Å². The summed E-state index contributed by atoms with van der Waals surface area (Å²) in [5.74, 6) is 5.71. The summed E-state index contributed by atoms with van der Waals surface area (Å²) in [5.41, 5.74) is 0.440. The van der Waals surface area contributed by atoms with Crippen LogP contribution in [0.3, 0.4) is 0 Å². The van der Waals surface area contributed by atoms with Crippen molar-refractivity contribution in [3.05, 3.63) is 27.7 Å². The van der Waals surface area contributed by atoms with Crippen LogP contribution in [-0.4, -0.2) is 38.2 Å². The highest BCUT2D eigenvalue weighted by Crippen LogP contribution is 2.30. The molecule has 0 aliphatic rings. The normalized spacial score (nSPS) is 12.6. The summed E-state index contributed by atoms with van der Waals surface area (Å²) in [6, 6.07) is 2.57. The number of nitrogens with one attached hydrogen (secondary N) is 1. The predicted molar refractivity (Wildman–Crippen MR) is 88.6 cm³/mol. The number of aliphatic hydroxyl groups is 1. The van der Waals surface area contributed by atoms with Gasteiger partial charge in [0.05, 0.1) is 10.0 Å². The van der Waals surface area contributed by atoms with E-state index >= 15 is 0 Å². The molecule has 0 aromatic heterocycles. The van der Waals surface area contributed by atoms with E-state index in [2.05, 4.69) is 16.6 Å². The lowest BCUT2D eigenvalue weighted by Gasteiger charge is -2.15. The number of halogens is 2. The third kappa shape index (κ3) is 5.37. The van der Waals surface area contributed by atoms with Gasteiger partial charge in [-0.2, -0.15) is 11.8 Å². The summed E-state index contributed by atoms with van der Waals surface area (Å²) in [6.07, 6.45) is 1.89. The van der Waals surface area contributed by atoms with Gasteiger partial charge < -0.3 is 5.11 Å². The van der Waals surface area contributed by atoms with E-state index in [0.29, 0.717) is 11.3 Å². The number of rotatable bonds is 5. The van der Waals surface area contributed by atoms with Crippen LogP contribution in [0.5, 0.6) is 0 Å². The highest BCUT2D eigenvalue weighted by Gasteiger charge is 2.24. The van der Waals surface area contributed by atoms with E-state index in [0.717, 1.165) is 0 Å². The Labute approximate surface area is 139 Å². The molecule has 21 heavy (non-hydrogen) atoms. The molecular formula is C13H15Cl2NO3S2. The van der Waals surface area contributed by atoms with Crippen LogP contribution in [0.15, 0.2) is 17.0 Å². The summed E-state index contributed by atoms with van der Waals surface area (Å²) in [5, 5.41) is 8.64. The van der Waals surface area contributed by atoms with Gasteiger partial charge in [-0.15, -0.1) is 0 Å². The van der Waals surface area contributed by atoms with E-state index in [1.165, 1.54) is 23.9 Å².